The summed E-state index contributed by atoms with van der Waals surface area (Å²) in [6.45, 7) is 1.73. The fourth-order valence-electron chi connectivity index (χ4n) is 2.87. The smallest absolute Gasteiger partial charge is 0.344 e. The molecule has 0 aromatic heterocycles. The van der Waals surface area contributed by atoms with Crippen LogP contribution in [0.4, 0.5) is 0 Å². The van der Waals surface area contributed by atoms with Gasteiger partial charge >= 0.3 is 5.97 Å². The van der Waals surface area contributed by atoms with Crippen LogP contribution in [0.3, 0.4) is 0 Å². The monoisotopic (exact) mass is 473 g/mol. The minimum atomic E-state index is -0.788. The van der Waals surface area contributed by atoms with Gasteiger partial charge in [0, 0.05) is 5.56 Å². The van der Waals surface area contributed by atoms with Crippen LogP contribution in [0, 0.1) is 0 Å². The lowest BCUT2D eigenvalue weighted by atomic mass is 10.1. The Balaban J connectivity index is 2.08. The lowest BCUT2D eigenvalue weighted by Crippen LogP contribution is -2.14. The van der Waals surface area contributed by atoms with Gasteiger partial charge in [0.2, 0.25) is 0 Å². The van der Waals surface area contributed by atoms with Crippen molar-refractivity contribution in [3.05, 3.63) is 74.9 Å². The van der Waals surface area contributed by atoms with Crippen LogP contribution >= 0.6 is 23.4 Å². The Morgan fingerprint density at radius 2 is 1.91 bits per heavy atom. The molecule has 0 unspecified atom stereocenters. The molecule has 0 spiro atoms. The van der Waals surface area contributed by atoms with Gasteiger partial charge in [-0.25, -0.2) is 9.79 Å². The molecule has 9 heteroatoms. The van der Waals surface area contributed by atoms with Crippen molar-refractivity contribution in [2.75, 3.05) is 20.8 Å². The maximum Gasteiger partial charge on any atom is 0.344 e. The molecule has 2 aromatic rings. The van der Waals surface area contributed by atoms with Gasteiger partial charge in [-0.2, -0.15) is 0 Å². The fourth-order valence-corrected chi connectivity index (χ4v) is 4.09. The zero-order chi connectivity index (χ0) is 23.3. The predicted molar refractivity (Wildman–Crippen MR) is 125 cm³/mol. The zero-order valence-electron chi connectivity index (χ0n) is 17.5. The lowest BCUT2D eigenvalue weighted by Gasteiger charge is -2.08. The number of benzene rings is 2. The Labute approximate surface area is 194 Å². The Morgan fingerprint density at radius 3 is 2.56 bits per heavy atom. The highest BCUT2D eigenvalue weighted by Crippen LogP contribution is 2.41. The summed E-state index contributed by atoms with van der Waals surface area (Å²) in [7, 11) is 3.05. The summed E-state index contributed by atoms with van der Waals surface area (Å²) in [6.07, 6.45) is 1.61. The number of halogens is 1. The second kappa shape index (κ2) is 10.4. The summed E-state index contributed by atoms with van der Waals surface area (Å²) in [5.41, 5.74) is 0.588. The highest BCUT2D eigenvalue weighted by Gasteiger charge is 2.34. The van der Waals surface area contributed by atoms with E-state index >= 15 is 0 Å². The Hall–Kier alpha value is -3.23. The van der Waals surface area contributed by atoms with Crippen LogP contribution in [0.25, 0.3) is 6.08 Å². The molecule has 0 radical (unpaired) electrons. The molecule has 32 heavy (non-hydrogen) atoms. The van der Waals surface area contributed by atoms with Gasteiger partial charge in [0.05, 0.1) is 36.3 Å². The molecule has 0 saturated heterocycles. The van der Waals surface area contributed by atoms with E-state index in [1.54, 1.807) is 49.4 Å². The van der Waals surface area contributed by atoms with Gasteiger partial charge in [-0.05, 0) is 43.3 Å². The Bertz CT molecular complexity index is 1150. The molecule has 3 rings (SSSR count). The van der Waals surface area contributed by atoms with Crippen LogP contribution in [-0.4, -0.2) is 42.9 Å². The van der Waals surface area contributed by atoms with Crippen molar-refractivity contribution in [1.29, 1.82) is 0 Å². The molecule has 1 heterocycles. The molecule has 0 atom stereocenters. The summed E-state index contributed by atoms with van der Waals surface area (Å²) in [5, 5.41) is 11.0. The number of hydrogen-bond acceptors (Lipinski definition) is 7. The first-order valence-corrected chi connectivity index (χ1v) is 10.7. The number of aliphatic hydroxyl groups excluding tert-OH is 1. The number of nitrogens with zero attached hydrogens (tertiary/aromatic N) is 1. The van der Waals surface area contributed by atoms with Crippen LogP contribution in [0.15, 0.2) is 63.7 Å². The number of esters is 1. The second-order valence-electron chi connectivity index (χ2n) is 6.36. The van der Waals surface area contributed by atoms with Gasteiger partial charge in [-0.3, -0.25) is 4.79 Å². The van der Waals surface area contributed by atoms with E-state index in [0.717, 1.165) is 11.8 Å². The number of amides is 1. The molecular weight excluding hydrogens is 454 g/mol. The summed E-state index contributed by atoms with van der Waals surface area (Å²) >= 11 is 7.06. The topological polar surface area (TPSA) is 94.4 Å². The van der Waals surface area contributed by atoms with E-state index in [4.69, 9.17) is 25.8 Å². The molecule has 1 amide bonds. The van der Waals surface area contributed by atoms with Crippen molar-refractivity contribution in [2.24, 2.45) is 4.99 Å². The first-order chi connectivity index (χ1) is 15.4. The van der Waals surface area contributed by atoms with Crippen LogP contribution in [0.5, 0.6) is 11.5 Å². The molecule has 0 saturated carbocycles. The van der Waals surface area contributed by atoms with Crippen molar-refractivity contribution in [3.8, 4) is 11.5 Å². The van der Waals surface area contributed by atoms with Crippen LogP contribution in [0.2, 0.25) is 5.02 Å². The highest BCUT2D eigenvalue weighted by atomic mass is 35.5. The summed E-state index contributed by atoms with van der Waals surface area (Å²) in [5.74, 6) is -0.666. The van der Waals surface area contributed by atoms with E-state index in [-0.39, 0.29) is 33.6 Å². The minimum Gasteiger partial charge on any atom is -0.506 e. The standard InChI is InChI=1S/C23H20ClNO6S/c1-4-31-23(28)19-20(26)18(12-13-11-14(29-2)9-10-17(13)30-3)32-22(19)25-21(27)15-7-5-6-8-16(15)24/h5-12,26H,4H2,1-3H3/b18-12-,25-22?. The third-order valence-corrected chi connectivity index (χ3v) is 5.75. The van der Waals surface area contributed by atoms with E-state index in [0.29, 0.717) is 22.0 Å². The van der Waals surface area contributed by atoms with E-state index in [1.807, 2.05) is 0 Å². The summed E-state index contributed by atoms with van der Waals surface area (Å²) in [6, 6.07) is 11.6. The third kappa shape index (κ3) is 4.98. The summed E-state index contributed by atoms with van der Waals surface area (Å²) < 4.78 is 15.7. The average Bonchev–Trinajstić information content (AvgIpc) is 3.08. The van der Waals surface area contributed by atoms with Gasteiger partial charge < -0.3 is 19.3 Å². The van der Waals surface area contributed by atoms with Gasteiger partial charge in [-0.15, -0.1) is 0 Å². The van der Waals surface area contributed by atoms with Gasteiger partial charge in [0.15, 0.2) is 0 Å². The maximum atomic E-state index is 12.7. The van der Waals surface area contributed by atoms with Crippen molar-refractivity contribution >= 4 is 46.4 Å². The van der Waals surface area contributed by atoms with Crippen molar-refractivity contribution < 1.29 is 28.9 Å². The molecule has 2 aromatic carbocycles. The average molecular weight is 474 g/mol. The van der Waals surface area contributed by atoms with Crippen LogP contribution < -0.4 is 9.47 Å². The van der Waals surface area contributed by atoms with Crippen LogP contribution in [0.1, 0.15) is 22.8 Å². The predicted octanol–water partition coefficient (Wildman–Crippen LogP) is 5.06. The Morgan fingerprint density at radius 1 is 1.16 bits per heavy atom. The summed E-state index contributed by atoms with van der Waals surface area (Å²) in [4.78, 5) is 29.6. The van der Waals surface area contributed by atoms with E-state index < -0.39 is 11.9 Å². The number of carbonyl (C=O) groups excluding carboxylic acids is 2. The molecule has 7 nitrogen and oxygen atoms in total. The van der Waals surface area contributed by atoms with E-state index in [1.165, 1.54) is 20.3 Å². The number of aliphatic hydroxyl groups is 1. The van der Waals surface area contributed by atoms with Gasteiger partial charge in [-0.1, -0.05) is 35.5 Å². The third-order valence-electron chi connectivity index (χ3n) is 4.40. The molecule has 0 bridgehead atoms. The molecule has 1 aliphatic rings. The number of aliphatic imine (C=N–C) groups is 1. The van der Waals surface area contributed by atoms with Crippen molar-refractivity contribution in [1.82, 2.24) is 0 Å². The van der Waals surface area contributed by atoms with E-state index in [2.05, 4.69) is 4.99 Å². The second-order valence-corrected chi connectivity index (χ2v) is 7.80. The van der Waals surface area contributed by atoms with Gasteiger partial charge in [0.1, 0.15) is 27.9 Å². The lowest BCUT2D eigenvalue weighted by molar-refractivity contribution is -0.138. The first-order valence-electron chi connectivity index (χ1n) is 9.49. The maximum absolute atomic E-state index is 12.7. The minimum absolute atomic E-state index is 0.0129. The quantitative estimate of drug-likeness (QED) is 0.586. The molecule has 1 N–H and O–H groups in total. The zero-order valence-corrected chi connectivity index (χ0v) is 19.1. The molecule has 0 fully saturated rings. The number of rotatable bonds is 6. The van der Waals surface area contributed by atoms with Crippen LogP contribution in [-0.2, 0) is 9.53 Å². The number of carbonyl (C=O) groups is 2. The highest BCUT2D eigenvalue weighted by molar-refractivity contribution is 8.18. The number of methoxy groups -OCH3 is 2. The first kappa shape index (κ1) is 23.4. The van der Waals surface area contributed by atoms with Crippen molar-refractivity contribution in [2.45, 2.75) is 6.92 Å². The molecule has 1 aliphatic heterocycles. The number of ether oxygens (including phenoxy) is 3. The number of thioether (sulfide) groups is 1. The normalized spacial score (nSPS) is 15.9. The Kier molecular flexibility index (Phi) is 7.61. The van der Waals surface area contributed by atoms with Gasteiger partial charge in [0.25, 0.3) is 5.91 Å². The largest absolute Gasteiger partial charge is 0.506 e. The molecule has 166 valence electrons. The fraction of sp³-hybridized carbons (Fsp3) is 0.174. The molecule has 0 aliphatic carbocycles. The SMILES string of the molecule is CCOC(=O)C1=C(O)/C(=C/c2cc(OC)ccc2OC)SC1=NC(=O)c1ccccc1Cl. The number of hydrogen-bond donors (Lipinski definition) is 1. The molecular formula is C23H20ClNO6S. The van der Waals surface area contributed by atoms with Crippen molar-refractivity contribution in [3.63, 3.8) is 0 Å². The van der Waals surface area contributed by atoms with E-state index in [9.17, 15) is 14.7 Å².